The molecule has 0 bridgehead atoms. The molecule has 5 nitrogen and oxygen atoms in total. The number of benzene rings is 1. The summed E-state index contributed by atoms with van der Waals surface area (Å²) >= 11 is 0. The van der Waals surface area contributed by atoms with Crippen LogP contribution >= 0.6 is 0 Å². The summed E-state index contributed by atoms with van der Waals surface area (Å²) in [5.74, 6) is -0.892. The highest BCUT2D eigenvalue weighted by atomic mass is 19.4. The maximum absolute atomic E-state index is 12.9. The summed E-state index contributed by atoms with van der Waals surface area (Å²) in [5, 5.41) is 2.13. The van der Waals surface area contributed by atoms with Crippen LogP contribution in [0.25, 0.3) is 0 Å². The largest absolute Gasteiger partial charge is 0.416 e. The van der Waals surface area contributed by atoms with Gasteiger partial charge in [0.15, 0.2) is 0 Å². The van der Waals surface area contributed by atoms with Gasteiger partial charge in [0.05, 0.1) is 17.2 Å². The number of likely N-dealkylation sites (N-methyl/N-ethyl adjacent to an activating group) is 1. The van der Waals surface area contributed by atoms with Crippen molar-refractivity contribution in [2.24, 2.45) is 5.92 Å². The summed E-state index contributed by atoms with van der Waals surface area (Å²) < 4.78 is 77.6. The first-order chi connectivity index (χ1) is 15.3. The molecule has 0 radical (unpaired) electrons. The lowest BCUT2D eigenvalue weighted by Gasteiger charge is -2.43. The minimum Gasteiger partial charge on any atom is -0.341 e. The fourth-order valence-corrected chi connectivity index (χ4v) is 3.98. The van der Waals surface area contributed by atoms with Gasteiger partial charge in [-0.05, 0) is 44.6 Å². The Labute approximate surface area is 189 Å². The molecule has 2 amide bonds. The van der Waals surface area contributed by atoms with E-state index >= 15 is 0 Å². The predicted molar refractivity (Wildman–Crippen MR) is 111 cm³/mol. The molecule has 1 unspecified atom stereocenters. The average molecular weight is 481 g/mol. The summed E-state index contributed by atoms with van der Waals surface area (Å²) in [6, 6.07) is 0.771. The van der Waals surface area contributed by atoms with Gasteiger partial charge < -0.3 is 10.2 Å². The van der Waals surface area contributed by atoms with Gasteiger partial charge in [-0.25, -0.2) is 0 Å². The van der Waals surface area contributed by atoms with Crippen molar-refractivity contribution in [3.63, 3.8) is 0 Å². The number of likely N-dealkylation sites (tertiary alicyclic amines) is 2. The Morgan fingerprint density at radius 2 is 1.52 bits per heavy atom. The Kier molecular flexibility index (Phi) is 8.78. The molecule has 0 saturated carbocycles. The minimum atomic E-state index is -4.98. The fraction of sp³-hybridized carbons (Fsp3) is 0.636. The molecule has 2 aliphatic heterocycles. The third-order valence-electron chi connectivity index (χ3n) is 5.67. The SMILES string of the molecule is CC.CN1CCCCC1C(=O)N1CC(CC(=O)Nc2cc(C(F)(F)F)cc(C(F)(F)F)c2)C1. The number of amides is 2. The zero-order valence-corrected chi connectivity index (χ0v) is 18.8. The van der Waals surface area contributed by atoms with Gasteiger partial charge >= 0.3 is 12.4 Å². The van der Waals surface area contributed by atoms with Crippen LogP contribution in [-0.2, 0) is 21.9 Å². The van der Waals surface area contributed by atoms with E-state index in [2.05, 4.69) is 5.32 Å². The number of anilines is 1. The molecule has 1 aromatic rings. The maximum Gasteiger partial charge on any atom is 0.416 e. The van der Waals surface area contributed by atoms with Crippen molar-refractivity contribution in [3.05, 3.63) is 29.3 Å². The number of nitrogens with zero attached hydrogens (tertiary/aromatic N) is 2. The zero-order chi connectivity index (χ0) is 25.0. The van der Waals surface area contributed by atoms with Crippen LogP contribution in [0.1, 0.15) is 50.7 Å². The van der Waals surface area contributed by atoms with Crippen LogP contribution in [0, 0.1) is 5.92 Å². The summed E-state index contributed by atoms with van der Waals surface area (Å²) in [4.78, 5) is 28.4. The van der Waals surface area contributed by atoms with Crippen molar-refractivity contribution in [2.45, 2.75) is 57.9 Å². The molecule has 2 saturated heterocycles. The Morgan fingerprint density at radius 1 is 0.970 bits per heavy atom. The summed E-state index contributed by atoms with van der Waals surface area (Å²) in [6.45, 7) is 5.52. The van der Waals surface area contributed by atoms with Crippen molar-refractivity contribution in [1.29, 1.82) is 0 Å². The van der Waals surface area contributed by atoms with Crippen molar-refractivity contribution in [1.82, 2.24) is 9.80 Å². The third kappa shape index (κ3) is 7.09. The lowest BCUT2D eigenvalue weighted by Crippen LogP contribution is -2.57. The lowest BCUT2D eigenvalue weighted by molar-refractivity contribution is -0.145. The number of nitrogens with one attached hydrogen (secondary N) is 1. The van der Waals surface area contributed by atoms with Crippen LogP contribution in [0.2, 0.25) is 0 Å². The Bertz CT molecular complexity index is 802. The summed E-state index contributed by atoms with van der Waals surface area (Å²) in [5.41, 5.74) is -3.55. The highest BCUT2D eigenvalue weighted by Crippen LogP contribution is 2.37. The maximum atomic E-state index is 12.9. The lowest BCUT2D eigenvalue weighted by atomic mass is 9.93. The topological polar surface area (TPSA) is 52.7 Å². The molecule has 1 aromatic carbocycles. The van der Waals surface area contributed by atoms with Crippen molar-refractivity contribution in [2.75, 3.05) is 32.0 Å². The monoisotopic (exact) mass is 481 g/mol. The van der Waals surface area contributed by atoms with Gasteiger partial charge in [-0.3, -0.25) is 14.5 Å². The number of halogens is 6. The quantitative estimate of drug-likeness (QED) is 0.615. The molecule has 2 heterocycles. The highest BCUT2D eigenvalue weighted by Gasteiger charge is 2.39. The molecule has 3 rings (SSSR count). The normalized spacial score (nSPS) is 19.9. The Hall–Kier alpha value is -2.30. The first-order valence-electron chi connectivity index (χ1n) is 10.9. The van der Waals surface area contributed by atoms with E-state index in [4.69, 9.17) is 0 Å². The molecule has 2 fully saturated rings. The van der Waals surface area contributed by atoms with E-state index in [-0.39, 0.29) is 30.4 Å². The van der Waals surface area contributed by atoms with Gasteiger partial charge in [-0.2, -0.15) is 26.3 Å². The van der Waals surface area contributed by atoms with Crippen LogP contribution in [0.3, 0.4) is 0 Å². The van der Waals surface area contributed by atoms with Crippen LogP contribution in [0.4, 0.5) is 32.0 Å². The molecule has 186 valence electrons. The second kappa shape index (κ2) is 10.8. The second-order valence-corrected chi connectivity index (χ2v) is 8.15. The van der Waals surface area contributed by atoms with Crippen LogP contribution < -0.4 is 5.32 Å². The van der Waals surface area contributed by atoms with E-state index in [0.29, 0.717) is 25.2 Å². The van der Waals surface area contributed by atoms with Gasteiger partial charge in [0.2, 0.25) is 11.8 Å². The number of carbonyl (C=O) groups excluding carboxylic acids is 2. The molecule has 2 aliphatic rings. The molecule has 1 atom stereocenters. The van der Waals surface area contributed by atoms with E-state index in [0.717, 1.165) is 25.8 Å². The number of hydrogen-bond donors (Lipinski definition) is 1. The molecule has 0 spiro atoms. The van der Waals surface area contributed by atoms with Crippen LogP contribution in [-0.4, -0.2) is 54.3 Å². The van der Waals surface area contributed by atoms with E-state index in [1.165, 1.54) is 0 Å². The van der Waals surface area contributed by atoms with Gasteiger partial charge in [-0.15, -0.1) is 0 Å². The standard InChI is InChI=1S/C20H23F6N3O2.C2H6/c1-28-5-3-2-4-16(28)18(31)29-10-12(11-29)6-17(30)27-15-8-13(19(21,22)23)7-14(9-15)20(24,25)26;1-2/h7-9,12,16H,2-6,10-11H2,1H3,(H,27,30);1-2H3. The fourth-order valence-electron chi connectivity index (χ4n) is 3.98. The second-order valence-electron chi connectivity index (χ2n) is 8.15. The van der Waals surface area contributed by atoms with Crippen LogP contribution in [0.5, 0.6) is 0 Å². The zero-order valence-electron chi connectivity index (χ0n) is 18.8. The number of rotatable bonds is 4. The Morgan fingerprint density at radius 3 is 2.00 bits per heavy atom. The Balaban J connectivity index is 0.00000187. The number of piperidine rings is 1. The molecule has 0 aromatic heterocycles. The van der Waals surface area contributed by atoms with Gasteiger partial charge in [0, 0.05) is 31.1 Å². The summed E-state index contributed by atoms with van der Waals surface area (Å²) in [6.07, 6.45) is -7.29. The van der Waals surface area contributed by atoms with Gasteiger partial charge in [0.1, 0.15) is 0 Å². The molecule has 1 N–H and O–H groups in total. The van der Waals surface area contributed by atoms with Crippen molar-refractivity contribution < 1.29 is 35.9 Å². The molecular weight excluding hydrogens is 452 g/mol. The number of alkyl halides is 6. The smallest absolute Gasteiger partial charge is 0.341 e. The highest BCUT2D eigenvalue weighted by molar-refractivity contribution is 5.91. The first-order valence-corrected chi connectivity index (χ1v) is 10.9. The molecule has 33 heavy (non-hydrogen) atoms. The minimum absolute atomic E-state index is 0.00730. The predicted octanol–water partition coefficient (Wildman–Crippen LogP) is 5.02. The molecular formula is C22H29F6N3O2. The molecule has 11 heteroatoms. The van der Waals surface area contributed by atoms with Crippen molar-refractivity contribution in [3.8, 4) is 0 Å². The van der Waals surface area contributed by atoms with E-state index in [9.17, 15) is 35.9 Å². The van der Waals surface area contributed by atoms with Crippen molar-refractivity contribution >= 4 is 17.5 Å². The van der Waals surface area contributed by atoms with E-state index in [1.54, 1.807) is 4.90 Å². The first kappa shape index (κ1) is 26.9. The number of carbonyl (C=O) groups is 2. The molecule has 0 aliphatic carbocycles. The average Bonchev–Trinajstić information content (AvgIpc) is 2.70. The van der Waals surface area contributed by atoms with Gasteiger partial charge in [-0.1, -0.05) is 20.3 Å². The van der Waals surface area contributed by atoms with E-state index < -0.39 is 35.1 Å². The van der Waals surface area contributed by atoms with Crippen LogP contribution in [0.15, 0.2) is 18.2 Å². The number of hydrogen-bond acceptors (Lipinski definition) is 3. The van der Waals surface area contributed by atoms with E-state index in [1.807, 2.05) is 25.8 Å². The summed E-state index contributed by atoms with van der Waals surface area (Å²) in [7, 11) is 1.89. The third-order valence-corrected chi connectivity index (χ3v) is 5.67. The van der Waals surface area contributed by atoms with Gasteiger partial charge in [0.25, 0.3) is 0 Å².